The van der Waals surface area contributed by atoms with E-state index in [2.05, 4.69) is 40.9 Å². The minimum absolute atomic E-state index is 0.0220. The van der Waals surface area contributed by atoms with Crippen molar-refractivity contribution in [2.24, 2.45) is 0 Å². The third-order valence-corrected chi connectivity index (χ3v) is 3.65. The zero-order valence-corrected chi connectivity index (χ0v) is 14.7. The van der Waals surface area contributed by atoms with Crippen LogP contribution in [-0.2, 0) is 9.59 Å². The molecule has 0 aliphatic carbocycles. The maximum Gasteiger partial charge on any atom is 0.116 e. The number of rotatable bonds is 0. The Morgan fingerprint density at radius 3 is 2.00 bits per heavy atom. The predicted octanol–water partition coefficient (Wildman–Crippen LogP) is 2.85. The number of carbonyl (C=O) groups excluding carboxylic acids is 2. The number of halogens is 1. The average Bonchev–Trinajstić information content (AvgIpc) is 2.49. The molecule has 0 spiro atoms. The van der Waals surface area contributed by atoms with E-state index in [-0.39, 0.29) is 6.10 Å². The highest BCUT2D eigenvalue weighted by atomic mass is 79.9. The van der Waals surface area contributed by atoms with Crippen molar-refractivity contribution in [2.45, 2.75) is 32.8 Å². The number of piperidine rings is 1. The standard InChI is InChI=1S/C7H7Br.C6H13NO.C2H4O.CH2O/c1-6-4-2-3-5-7(6)8;1-7-4-2-6(8)3-5-7;1-2-3;1-2/h2-5H,1H3;6,8H,2-5H2,1H3;2H,1H3;1H2. The number of hydrogen-bond acceptors (Lipinski definition) is 4. The lowest BCUT2D eigenvalue weighted by Gasteiger charge is -2.25. The van der Waals surface area contributed by atoms with E-state index in [9.17, 15) is 0 Å². The van der Waals surface area contributed by atoms with Crippen LogP contribution < -0.4 is 0 Å². The summed E-state index contributed by atoms with van der Waals surface area (Å²) in [5.74, 6) is 0. The van der Waals surface area contributed by atoms with E-state index in [0.29, 0.717) is 0 Å². The quantitative estimate of drug-likeness (QED) is 0.723. The van der Waals surface area contributed by atoms with Crippen molar-refractivity contribution in [2.75, 3.05) is 20.1 Å². The summed E-state index contributed by atoms with van der Waals surface area (Å²) in [5, 5.41) is 9.00. The summed E-state index contributed by atoms with van der Waals surface area (Å²) in [6.45, 7) is 7.63. The van der Waals surface area contributed by atoms with Crippen LogP contribution in [0.3, 0.4) is 0 Å². The van der Waals surface area contributed by atoms with Crippen LogP contribution in [0.5, 0.6) is 0 Å². The molecule has 2 rings (SSSR count). The topological polar surface area (TPSA) is 57.6 Å². The Hall–Kier alpha value is -1.04. The Bertz CT molecular complexity index is 335. The Balaban J connectivity index is 0. The average molecular weight is 360 g/mol. The minimum atomic E-state index is -0.0220. The number of aliphatic hydroxyl groups excluding tert-OH is 1. The van der Waals surface area contributed by atoms with E-state index in [0.717, 1.165) is 32.2 Å². The van der Waals surface area contributed by atoms with Crippen LogP contribution in [-0.4, -0.2) is 49.3 Å². The van der Waals surface area contributed by atoms with Gasteiger partial charge in [-0.3, -0.25) is 0 Å². The van der Waals surface area contributed by atoms with E-state index < -0.39 is 0 Å². The fourth-order valence-corrected chi connectivity index (χ4v) is 1.83. The highest BCUT2D eigenvalue weighted by molar-refractivity contribution is 9.10. The fourth-order valence-electron chi connectivity index (χ4n) is 1.55. The second-order valence-corrected chi connectivity index (χ2v) is 5.37. The van der Waals surface area contributed by atoms with Crippen LogP contribution >= 0.6 is 15.9 Å². The van der Waals surface area contributed by atoms with Gasteiger partial charge < -0.3 is 19.6 Å². The maximum absolute atomic E-state index is 9.00. The number of likely N-dealkylation sites (tertiary alicyclic amines) is 1. The summed E-state index contributed by atoms with van der Waals surface area (Å²) in [6, 6.07) is 8.15. The summed E-state index contributed by atoms with van der Waals surface area (Å²) >= 11 is 3.40. The van der Waals surface area contributed by atoms with Gasteiger partial charge in [0, 0.05) is 17.6 Å². The third kappa shape index (κ3) is 13.7. The molecule has 1 saturated heterocycles. The molecule has 0 bridgehead atoms. The van der Waals surface area contributed by atoms with E-state index in [1.54, 1.807) is 0 Å². The largest absolute Gasteiger partial charge is 0.393 e. The van der Waals surface area contributed by atoms with Crippen molar-refractivity contribution in [1.82, 2.24) is 4.90 Å². The molecule has 21 heavy (non-hydrogen) atoms. The van der Waals surface area contributed by atoms with Crippen molar-refractivity contribution in [1.29, 1.82) is 0 Å². The molecule has 1 N–H and O–H groups in total. The van der Waals surface area contributed by atoms with Crippen LogP contribution in [0.2, 0.25) is 0 Å². The molecule has 0 aromatic heterocycles. The number of hydrogen-bond donors (Lipinski definition) is 1. The molecule has 5 heteroatoms. The van der Waals surface area contributed by atoms with Crippen LogP contribution in [0.25, 0.3) is 0 Å². The van der Waals surface area contributed by atoms with Crippen molar-refractivity contribution >= 4 is 29.0 Å². The molecule has 120 valence electrons. The minimum Gasteiger partial charge on any atom is -0.393 e. The summed E-state index contributed by atoms with van der Waals surface area (Å²) in [4.78, 5) is 19.0. The van der Waals surface area contributed by atoms with Gasteiger partial charge in [0.2, 0.25) is 0 Å². The normalized spacial score (nSPS) is 14.3. The highest BCUT2D eigenvalue weighted by Gasteiger charge is 2.12. The molecule has 1 aromatic rings. The van der Waals surface area contributed by atoms with E-state index in [1.165, 1.54) is 17.0 Å². The third-order valence-electron chi connectivity index (χ3n) is 2.76. The number of aryl methyl sites for hydroxylation is 1. The van der Waals surface area contributed by atoms with Gasteiger partial charge in [-0.05, 0) is 45.4 Å². The first-order chi connectivity index (χ1) is 10.0. The van der Waals surface area contributed by atoms with E-state index in [4.69, 9.17) is 14.7 Å². The Kier molecular flexibility index (Phi) is 16.3. The predicted molar refractivity (Wildman–Crippen MR) is 90.5 cm³/mol. The van der Waals surface area contributed by atoms with Crippen molar-refractivity contribution in [3.05, 3.63) is 34.3 Å². The van der Waals surface area contributed by atoms with Gasteiger partial charge in [-0.2, -0.15) is 0 Å². The van der Waals surface area contributed by atoms with Gasteiger partial charge in [-0.1, -0.05) is 34.1 Å². The van der Waals surface area contributed by atoms with Gasteiger partial charge >= 0.3 is 0 Å². The second kappa shape index (κ2) is 15.4. The smallest absolute Gasteiger partial charge is 0.116 e. The van der Waals surface area contributed by atoms with Crippen LogP contribution in [0.4, 0.5) is 0 Å². The zero-order valence-electron chi connectivity index (χ0n) is 13.1. The molecule has 1 fully saturated rings. The molecule has 1 aromatic carbocycles. The van der Waals surface area contributed by atoms with Gasteiger partial charge in [0.15, 0.2) is 0 Å². The Labute approximate surface area is 136 Å². The first-order valence-corrected chi connectivity index (χ1v) is 7.57. The number of nitrogens with zero attached hydrogens (tertiary/aromatic N) is 1. The van der Waals surface area contributed by atoms with E-state index >= 15 is 0 Å². The first kappa shape index (κ1) is 22.2. The molecule has 4 nitrogen and oxygen atoms in total. The maximum atomic E-state index is 9.00. The van der Waals surface area contributed by atoms with Gasteiger partial charge in [0.1, 0.15) is 13.1 Å². The summed E-state index contributed by atoms with van der Waals surface area (Å²) in [5.41, 5.74) is 1.28. The van der Waals surface area contributed by atoms with E-state index in [1.807, 2.05) is 25.0 Å². The van der Waals surface area contributed by atoms with Crippen molar-refractivity contribution in [3.8, 4) is 0 Å². The SMILES string of the molecule is C=O.CC=O.CN1CCC(O)CC1.Cc1ccccc1Br. The van der Waals surface area contributed by atoms with Crippen LogP contribution in [0.1, 0.15) is 25.3 Å². The molecular weight excluding hydrogens is 334 g/mol. The van der Waals surface area contributed by atoms with Crippen LogP contribution in [0, 0.1) is 6.92 Å². The van der Waals surface area contributed by atoms with Gasteiger partial charge in [0.25, 0.3) is 0 Å². The number of aliphatic hydroxyl groups is 1. The molecule has 1 aliphatic rings. The lowest BCUT2D eigenvalue weighted by Crippen LogP contribution is -2.32. The van der Waals surface area contributed by atoms with Gasteiger partial charge in [0.05, 0.1) is 6.10 Å². The molecule has 0 radical (unpaired) electrons. The summed E-state index contributed by atoms with van der Waals surface area (Å²) < 4.78 is 1.18. The monoisotopic (exact) mass is 359 g/mol. The Morgan fingerprint density at radius 2 is 1.71 bits per heavy atom. The van der Waals surface area contributed by atoms with Crippen molar-refractivity contribution < 1.29 is 14.7 Å². The van der Waals surface area contributed by atoms with Crippen molar-refractivity contribution in [3.63, 3.8) is 0 Å². The zero-order chi connectivity index (χ0) is 16.7. The lowest BCUT2D eigenvalue weighted by atomic mass is 10.1. The fraction of sp³-hybridized carbons (Fsp3) is 0.500. The second-order valence-electron chi connectivity index (χ2n) is 4.52. The number of carbonyl (C=O) groups is 2. The summed E-state index contributed by atoms with van der Waals surface area (Å²) in [6.07, 6.45) is 2.64. The highest BCUT2D eigenvalue weighted by Crippen LogP contribution is 2.13. The molecule has 0 amide bonds. The lowest BCUT2D eigenvalue weighted by molar-refractivity contribution is -0.106. The molecule has 0 unspecified atom stereocenters. The molecule has 0 atom stereocenters. The van der Waals surface area contributed by atoms with Crippen LogP contribution in [0.15, 0.2) is 28.7 Å². The molecule has 1 aliphatic heterocycles. The van der Waals surface area contributed by atoms with Gasteiger partial charge in [-0.25, -0.2) is 0 Å². The first-order valence-electron chi connectivity index (χ1n) is 6.77. The summed E-state index contributed by atoms with van der Waals surface area (Å²) in [7, 11) is 2.09. The number of aldehydes is 1. The molecule has 1 heterocycles. The van der Waals surface area contributed by atoms with Gasteiger partial charge in [-0.15, -0.1) is 0 Å². The molecule has 0 saturated carbocycles. The number of benzene rings is 1. The Morgan fingerprint density at radius 1 is 1.29 bits per heavy atom. The molecular formula is C16H26BrNO3.